The molecule has 4 nitrogen and oxygen atoms in total. The van der Waals surface area contributed by atoms with Gasteiger partial charge in [0.1, 0.15) is 0 Å². The maximum Gasteiger partial charge on any atom is 0.230 e. The summed E-state index contributed by atoms with van der Waals surface area (Å²) in [5, 5.41) is 0.999. The third-order valence-corrected chi connectivity index (χ3v) is 5.03. The minimum atomic E-state index is -3.56. The van der Waals surface area contributed by atoms with E-state index in [1.807, 2.05) is 29.3 Å². The van der Waals surface area contributed by atoms with Gasteiger partial charge < -0.3 is 9.88 Å². The van der Waals surface area contributed by atoms with Gasteiger partial charge in [0.2, 0.25) is 5.91 Å². The van der Waals surface area contributed by atoms with Crippen LogP contribution in [0.5, 0.6) is 0 Å². The summed E-state index contributed by atoms with van der Waals surface area (Å²) in [5.74, 6) is -2.38. The first-order valence-electron chi connectivity index (χ1n) is 12.8. The van der Waals surface area contributed by atoms with E-state index in [9.17, 15) is 4.79 Å². The normalized spacial score (nSPS) is 31.5. The number of aromatic nitrogens is 1. The van der Waals surface area contributed by atoms with Crippen molar-refractivity contribution in [1.29, 1.82) is 0 Å². The van der Waals surface area contributed by atoms with Crippen molar-refractivity contribution in [3.05, 3.63) is 41.6 Å². The molecule has 2 aliphatic rings. The number of benzene rings is 1. The number of nitrogens with zero attached hydrogens (tertiary/aromatic N) is 2. The summed E-state index contributed by atoms with van der Waals surface area (Å²) in [4.78, 5) is 18.5. The lowest BCUT2D eigenvalue weighted by Gasteiger charge is -2.40. The SMILES string of the molecule is [2H]C([2H])([2H])C([2H])([2H])N(C(=O)[C@@H]1C=C2c3cccc4[nH]cc(c34)C[C@H]2N(C)C1)C([2H])([2H])C([2H])([2H])[2H]. The summed E-state index contributed by atoms with van der Waals surface area (Å²) in [6.07, 6.45) is 4.21. The van der Waals surface area contributed by atoms with Crippen LogP contribution in [0.1, 0.15) is 38.5 Å². The highest BCUT2D eigenvalue weighted by Gasteiger charge is 2.36. The Bertz CT molecular complexity index is 1140. The monoisotopic (exact) mass is 333 g/mol. The second kappa shape index (κ2) is 5.78. The Kier molecular flexibility index (Phi) is 1.90. The third kappa shape index (κ3) is 2.20. The molecule has 0 saturated carbocycles. The van der Waals surface area contributed by atoms with E-state index in [2.05, 4.69) is 4.98 Å². The first kappa shape index (κ1) is 7.87. The standard InChI is InChI=1S/C20H25N3O/c1-4-23(5-2)20(24)14-9-16-15-7-6-8-17-19(15)13(11-21-17)10-18(16)22(3)12-14/h6-9,11,14,18,21H,4-5,10,12H2,1-3H3/t14-,18-/m1/s1/i1D3,2D3,4D2,5D2. The molecular formula is C20H25N3O. The van der Waals surface area contributed by atoms with Gasteiger partial charge in [-0.25, -0.2) is 0 Å². The number of likely N-dealkylation sites (N-methyl/N-ethyl adjacent to an activating group) is 1. The minimum absolute atomic E-state index is 0.0490. The molecule has 2 aromatic rings. The molecule has 0 fully saturated rings. The van der Waals surface area contributed by atoms with Crippen LogP contribution in [-0.4, -0.2) is 53.3 Å². The van der Waals surface area contributed by atoms with Crippen LogP contribution in [0, 0.1) is 5.92 Å². The van der Waals surface area contributed by atoms with Crippen LogP contribution in [0.15, 0.2) is 30.5 Å². The van der Waals surface area contributed by atoms with E-state index in [0.29, 0.717) is 6.42 Å². The molecule has 2 atom stereocenters. The van der Waals surface area contributed by atoms with Crippen LogP contribution in [0.2, 0.25) is 0 Å². The topological polar surface area (TPSA) is 39.3 Å². The van der Waals surface area contributed by atoms with Gasteiger partial charge in [-0.15, -0.1) is 0 Å². The Morgan fingerprint density at radius 3 is 3.08 bits per heavy atom. The molecule has 1 amide bonds. The van der Waals surface area contributed by atoms with Gasteiger partial charge in [-0.05, 0) is 49.9 Å². The zero-order valence-corrected chi connectivity index (χ0v) is 13.3. The molecule has 1 N–H and O–H groups in total. The first-order chi connectivity index (χ1) is 15.5. The number of rotatable bonds is 3. The summed E-state index contributed by atoms with van der Waals surface area (Å²) < 4.78 is 77.8. The number of carbonyl (C=O) groups excluding carboxylic acids is 1. The molecule has 0 spiro atoms. The highest BCUT2D eigenvalue weighted by molar-refractivity contribution is 5.99. The molecule has 0 unspecified atom stereocenters. The van der Waals surface area contributed by atoms with Crippen LogP contribution in [0.4, 0.5) is 0 Å². The number of hydrogen-bond donors (Lipinski definition) is 1. The van der Waals surface area contributed by atoms with Crippen molar-refractivity contribution in [2.75, 3.05) is 26.6 Å². The molecule has 4 rings (SSSR count). The number of nitrogens with one attached hydrogen (secondary N) is 1. The lowest BCUT2D eigenvalue weighted by atomic mass is 9.79. The molecule has 0 bridgehead atoms. The van der Waals surface area contributed by atoms with Crippen LogP contribution in [0.3, 0.4) is 0 Å². The largest absolute Gasteiger partial charge is 0.361 e. The Morgan fingerprint density at radius 2 is 2.29 bits per heavy atom. The van der Waals surface area contributed by atoms with Gasteiger partial charge in [0.05, 0.1) is 5.92 Å². The predicted molar refractivity (Wildman–Crippen MR) is 97.8 cm³/mol. The number of H-pyrrole nitrogens is 1. The molecule has 24 heavy (non-hydrogen) atoms. The molecule has 4 heteroatoms. The molecule has 126 valence electrons. The Morgan fingerprint density at radius 1 is 1.46 bits per heavy atom. The zero-order valence-electron chi connectivity index (χ0n) is 23.3. The Labute approximate surface area is 157 Å². The summed E-state index contributed by atoms with van der Waals surface area (Å²) >= 11 is 0. The van der Waals surface area contributed by atoms with Gasteiger partial charge >= 0.3 is 0 Å². The van der Waals surface area contributed by atoms with Gasteiger partial charge in [-0.1, -0.05) is 18.2 Å². The van der Waals surface area contributed by atoms with Gasteiger partial charge in [0.25, 0.3) is 0 Å². The van der Waals surface area contributed by atoms with Crippen LogP contribution < -0.4 is 0 Å². The summed E-state index contributed by atoms with van der Waals surface area (Å²) in [6.45, 7) is -14.0. The second-order valence-electron chi connectivity index (χ2n) is 6.33. The van der Waals surface area contributed by atoms with Crippen molar-refractivity contribution in [1.82, 2.24) is 14.8 Å². The average molecular weight is 334 g/mol. The lowest BCUT2D eigenvalue weighted by molar-refractivity contribution is -0.134. The van der Waals surface area contributed by atoms with Crippen molar-refractivity contribution in [2.45, 2.75) is 26.2 Å². The fourth-order valence-corrected chi connectivity index (χ4v) is 3.91. The molecular weight excluding hydrogens is 298 g/mol. The molecule has 2 heterocycles. The van der Waals surface area contributed by atoms with Crippen LogP contribution in [-0.2, 0) is 11.2 Å². The molecule has 1 aliphatic heterocycles. The highest BCUT2D eigenvalue weighted by atomic mass is 16.2. The van der Waals surface area contributed by atoms with Crippen LogP contribution >= 0.6 is 0 Å². The fourth-order valence-electron chi connectivity index (χ4n) is 3.91. The molecule has 1 aliphatic carbocycles. The Balaban J connectivity index is 1.84. The van der Waals surface area contributed by atoms with Gasteiger partial charge in [-0.3, -0.25) is 9.69 Å². The van der Waals surface area contributed by atoms with Crippen molar-refractivity contribution in [3.63, 3.8) is 0 Å². The lowest BCUT2D eigenvalue weighted by Crippen LogP contribution is -2.47. The summed E-state index contributed by atoms with van der Waals surface area (Å²) in [5.41, 5.74) is 3.69. The molecule has 0 saturated heterocycles. The number of aromatic amines is 1. The zero-order chi connectivity index (χ0) is 25.4. The van der Waals surface area contributed by atoms with E-state index >= 15 is 0 Å². The summed E-state index contributed by atoms with van der Waals surface area (Å²) in [7, 11) is 1.77. The van der Waals surface area contributed by atoms with E-state index in [-0.39, 0.29) is 17.5 Å². The van der Waals surface area contributed by atoms with Crippen LogP contribution in [0.25, 0.3) is 16.5 Å². The number of hydrogen-bond acceptors (Lipinski definition) is 2. The second-order valence-corrected chi connectivity index (χ2v) is 6.33. The maximum absolute atomic E-state index is 13.6. The first-order valence-corrected chi connectivity index (χ1v) is 7.84. The van der Waals surface area contributed by atoms with Gasteiger partial charge in [-0.2, -0.15) is 0 Å². The van der Waals surface area contributed by atoms with Gasteiger partial charge in [0, 0.05) is 56.4 Å². The van der Waals surface area contributed by atoms with E-state index in [4.69, 9.17) is 13.7 Å². The Hall–Kier alpha value is -2.07. The number of carbonyl (C=O) groups is 1. The number of fused-ring (bicyclic) bond motifs is 2. The highest BCUT2D eigenvalue weighted by Crippen LogP contribution is 2.40. The number of amides is 1. The predicted octanol–water partition coefficient (Wildman–Crippen LogP) is 2.91. The summed E-state index contributed by atoms with van der Waals surface area (Å²) in [6, 6.07) is 5.60. The molecule has 1 aromatic heterocycles. The van der Waals surface area contributed by atoms with Gasteiger partial charge in [0.15, 0.2) is 0 Å². The minimum Gasteiger partial charge on any atom is -0.361 e. The van der Waals surface area contributed by atoms with Crippen molar-refractivity contribution < 1.29 is 18.5 Å². The third-order valence-electron chi connectivity index (χ3n) is 5.03. The smallest absolute Gasteiger partial charge is 0.230 e. The fraction of sp³-hybridized carbons (Fsp3) is 0.450. The van der Waals surface area contributed by atoms with E-state index in [1.165, 1.54) is 0 Å². The van der Waals surface area contributed by atoms with E-state index in [0.717, 1.165) is 27.6 Å². The molecule has 0 radical (unpaired) electrons. The van der Waals surface area contributed by atoms with E-state index < -0.39 is 38.5 Å². The van der Waals surface area contributed by atoms with Crippen molar-refractivity contribution >= 4 is 22.4 Å². The quantitative estimate of drug-likeness (QED) is 0.938. The molecule has 1 aromatic carbocycles. The average Bonchev–Trinajstić information content (AvgIpc) is 3.11. The maximum atomic E-state index is 13.6. The van der Waals surface area contributed by atoms with Crippen molar-refractivity contribution in [2.24, 2.45) is 5.92 Å². The van der Waals surface area contributed by atoms with E-state index in [1.54, 1.807) is 13.1 Å². The van der Waals surface area contributed by atoms with Crippen molar-refractivity contribution in [3.8, 4) is 0 Å².